The number of aromatic nitrogens is 4. The van der Waals surface area contributed by atoms with E-state index in [0.717, 1.165) is 31.4 Å². The van der Waals surface area contributed by atoms with E-state index in [9.17, 15) is 13.2 Å². The van der Waals surface area contributed by atoms with Crippen molar-refractivity contribution >= 4 is 23.6 Å². The van der Waals surface area contributed by atoms with Gasteiger partial charge in [-0.05, 0) is 37.8 Å². The number of hydrogen-bond donors (Lipinski definition) is 3. The first-order valence-electron chi connectivity index (χ1n) is 11.3. The van der Waals surface area contributed by atoms with Crippen LogP contribution in [0, 0.1) is 0 Å². The molecule has 2 aliphatic rings. The average molecular weight is 509 g/mol. The van der Waals surface area contributed by atoms with Gasteiger partial charge in [-0.15, -0.1) is 28.5 Å². The third-order valence-corrected chi connectivity index (χ3v) is 5.98. The fourth-order valence-electron chi connectivity index (χ4n) is 4.33. The Bertz CT molecular complexity index is 1210. The fraction of sp³-hybridized carbons (Fsp3) is 0.455. The van der Waals surface area contributed by atoms with E-state index in [0.29, 0.717) is 35.9 Å². The fourth-order valence-corrected chi connectivity index (χ4v) is 4.33. The second-order valence-electron chi connectivity index (χ2n) is 8.49. The number of hydrogen-bond acceptors (Lipinski definition) is 9. The Hall–Kier alpha value is -3.81. The van der Waals surface area contributed by atoms with E-state index >= 15 is 0 Å². The van der Waals surface area contributed by atoms with Crippen molar-refractivity contribution in [1.29, 1.82) is 0 Å². The highest BCUT2D eigenvalue weighted by atomic mass is 19.4. The standard InChI is InChI=1S/C21H24F3N7O2.CH2O2/c1-30-9-10-32-17-16(30)18(26-14-7-5-13(25)6-8-14)29-31-19(27-28-20(17)31)12-3-2-4-15(11-12)33-21(22,23)24;2-1-3/h2-4,11,13-14H,5-10,25H2,1H3,(H,26,29);1H,(H,2,3). The molecule has 36 heavy (non-hydrogen) atoms. The van der Waals surface area contributed by atoms with Crippen LogP contribution in [-0.2, 0) is 4.79 Å². The maximum absolute atomic E-state index is 12.7. The highest BCUT2D eigenvalue weighted by molar-refractivity contribution is 5.82. The van der Waals surface area contributed by atoms with Crippen molar-refractivity contribution in [1.82, 2.24) is 19.8 Å². The molecule has 5 rings (SSSR count). The van der Waals surface area contributed by atoms with Crippen molar-refractivity contribution in [3.63, 3.8) is 0 Å². The normalized spacial score (nSPS) is 19.5. The van der Waals surface area contributed by atoms with Crippen LogP contribution in [-0.4, -0.2) is 70.0 Å². The molecule has 3 aromatic rings. The van der Waals surface area contributed by atoms with Crippen molar-refractivity contribution in [2.45, 2.75) is 44.1 Å². The number of anilines is 2. The van der Waals surface area contributed by atoms with Gasteiger partial charge in [0.25, 0.3) is 6.47 Å². The van der Waals surface area contributed by atoms with E-state index in [1.165, 1.54) is 22.7 Å². The number of nitrogens with two attached hydrogens (primary N) is 1. The first-order chi connectivity index (χ1) is 17.2. The minimum Gasteiger partial charge on any atom is -0.486 e. The molecule has 1 saturated carbocycles. The summed E-state index contributed by atoms with van der Waals surface area (Å²) in [6.45, 7) is 0.908. The monoisotopic (exact) mass is 509 g/mol. The zero-order valence-electron chi connectivity index (χ0n) is 19.4. The number of benzene rings is 1. The summed E-state index contributed by atoms with van der Waals surface area (Å²) in [7, 11) is 1.96. The number of carboxylic acid groups (broad SMARTS) is 1. The van der Waals surface area contributed by atoms with Gasteiger partial charge in [0.1, 0.15) is 18.0 Å². The van der Waals surface area contributed by atoms with Crippen LogP contribution in [0.1, 0.15) is 25.7 Å². The molecule has 0 atom stereocenters. The largest absolute Gasteiger partial charge is 0.573 e. The summed E-state index contributed by atoms with van der Waals surface area (Å²) in [5.74, 6) is 1.09. The van der Waals surface area contributed by atoms with Gasteiger partial charge < -0.3 is 30.5 Å². The number of halogens is 3. The van der Waals surface area contributed by atoms with E-state index in [1.54, 1.807) is 6.07 Å². The van der Waals surface area contributed by atoms with Gasteiger partial charge in [0, 0.05) is 24.7 Å². The molecular weight excluding hydrogens is 483 g/mol. The molecule has 1 aliphatic carbocycles. The summed E-state index contributed by atoms with van der Waals surface area (Å²) in [6.07, 6.45) is -1.09. The molecule has 2 aromatic heterocycles. The maximum Gasteiger partial charge on any atom is 0.573 e. The van der Waals surface area contributed by atoms with Crippen molar-refractivity contribution in [3.8, 4) is 22.9 Å². The lowest BCUT2D eigenvalue weighted by Crippen LogP contribution is -2.35. The summed E-state index contributed by atoms with van der Waals surface area (Å²) in [4.78, 5) is 10.4. The Morgan fingerprint density at radius 3 is 2.67 bits per heavy atom. The number of rotatable bonds is 4. The summed E-state index contributed by atoms with van der Waals surface area (Å²) < 4.78 is 49.6. The highest BCUT2D eigenvalue weighted by Crippen LogP contribution is 2.41. The van der Waals surface area contributed by atoms with Crippen LogP contribution in [0.3, 0.4) is 0 Å². The molecule has 0 amide bonds. The predicted molar refractivity (Wildman–Crippen MR) is 124 cm³/mol. The minimum absolute atomic E-state index is 0.206. The molecule has 14 heteroatoms. The van der Waals surface area contributed by atoms with Gasteiger partial charge in [-0.25, -0.2) is 0 Å². The van der Waals surface area contributed by atoms with Crippen molar-refractivity contribution in [2.24, 2.45) is 5.73 Å². The van der Waals surface area contributed by atoms with E-state index < -0.39 is 6.36 Å². The van der Waals surface area contributed by atoms with Gasteiger partial charge in [0.15, 0.2) is 17.4 Å². The van der Waals surface area contributed by atoms with Crippen LogP contribution in [0.4, 0.5) is 24.7 Å². The quantitative estimate of drug-likeness (QED) is 0.450. The highest BCUT2D eigenvalue weighted by Gasteiger charge is 2.32. The third-order valence-electron chi connectivity index (χ3n) is 5.98. The van der Waals surface area contributed by atoms with Crippen LogP contribution < -0.4 is 25.4 Å². The molecular formula is C22H26F3N7O4. The molecule has 0 spiro atoms. The zero-order valence-corrected chi connectivity index (χ0v) is 19.4. The van der Waals surface area contributed by atoms with Crippen LogP contribution in [0.15, 0.2) is 24.3 Å². The third kappa shape index (κ3) is 5.53. The number of likely N-dealkylation sites (N-methyl/N-ethyl adjacent to an activating group) is 1. The van der Waals surface area contributed by atoms with Gasteiger partial charge >= 0.3 is 6.36 Å². The molecule has 3 heterocycles. The van der Waals surface area contributed by atoms with Crippen molar-refractivity contribution in [3.05, 3.63) is 24.3 Å². The van der Waals surface area contributed by atoms with E-state index in [2.05, 4.69) is 25.2 Å². The Kier molecular flexibility index (Phi) is 7.33. The first kappa shape index (κ1) is 25.3. The summed E-state index contributed by atoms with van der Waals surface area (Å²) in [5, 5.41) is 23.6. The molecule has 1 fully saturated rings. The summed E-state index contributed by atoms with van der Waals surface area (Å²) >= 11 is 0. The Labute approximate surface area is 204 Å². The Balaban J connectivity index is 0.000000967. The lowest BCUT2D eigenvalue weighted by Gasteiger charge is -2.32. The molecule has 4 N–H and O–H groups in total. The molecule has 0 saturated heterocycles. The molecule has 11 nitrogen and oxygen atoms in total. The number of fused-ring (bicyclic) bond motifs is 3. The summed E-state index contributed by atoms with van der Waals surface area (Å²) in [6, 6.07) is 6.00. The average Bonchev–Trinajstić information content (AvgIpc) is 3.24. The van der Waals surface area contributed by atoms with E-state index in [-0.39, 0.29) is 30.1 Å². The maximum atomic E-state index is 12.7. The lowest BCUT2D eigenvalue weighted by atomic mass is 9.92. The number of nitrogens with one attached hydrogen (secondary N) is 1. The molecule has 1 aromatic carbocycles. The Morgan fingerprint density at radius 1 is 1.25 bits per heavy atom. The second kappa shape index (κ2) is 10.4. The van der Waals surface area contributed by atoms with Crippen LogP contribution >= 0.6 is 0 Å². The van der Waals surface area contributed by atoms with Gasteiger partial charge in [-0.1, -0.05) is 12.1 Å². The van der Waals surface area contributed by atoms with Crippen LogP contribution in [0.2, 0.25) is 0 Å². The van der Waals surface area contributed by atoms with Gasteiger partial charge in [-0.2, -0.15) is 4.52 Å². The first-order valence-corrected chi connectivity index (χ1v) is 11.3. The SMILES string of the molecule is CN1CCOc2c1c(NC1CCC(N)CC1)nn1c(-c3cccc(OC(F)(F)F)c3)nnc21.O=CO. The molecule has 0 unspecified atom stereocenters. The van der Waals surface area contributed by atoms with Crippen molar-refractivity contribution < 1.29 is 32.5 Å². The smallest absolute Gasteiger partial charge is 0.486 e. The minimum atomic E-state index is -4.79. The summed E-state index contributed by atoms with van der Waals surface area (Å²) in [5.41, 5.74) is 7.61. The number of nitrogens with zero attached hydrogens (tertiary/aromatic N) is 5. The predicted octanol–water partition coefficient (Wildman–Crippen LogP) is 2.90. The topological polar surface area (TPSA) is 140 Å². The molecule has 1 aliphatic heterocycles. The second-order valence-corrected chi connectivity index (χ2v) is 8.49. The van der Waals surface area contributed by atoms with Gasteiger partial charge in [-0.3, -0.25) is 4.79 Å². The van der Waals surface area contributed by atoms with Crippen molar-refractivity contribution in [2.75, 3.05) is 30.4 Å². The van der Waals surface area contributed by atoms with Crippen LogP contribution in [0.5, 0.6) is 11.5 Å². The van der Waals surface area contributed by atoms with Crippen LogP contribution in [0.25, 0.3) is 17.0 Å². The van der Waals surface area contributed by atoms with E-state index in [1.807, 2.05) is 7.05 Å². The molecule has 0 bridgehead atoms. The molecule has 0 radical (unpaired) electrons. The Morgan fingerprint density at radius 2 is 1.97 bits per heavy atom. The lowest BCUT2D eigenvalue weighted by molar-refractivity contribution is -0.274. The van der Waals surface area contributed by atoms with Gasteiger partial charge in [0.2, 0.25) is 5.65 Å². The zero-order chi connectivity index (χ0) is 25.9. The molecule has 194 valence electrons. The number of ether oxygens (including phenoxy) is 2. The number of carbonyl (C=O) groups is 1. The number of alkyl halides is 3. The van der Waals surface area contributed by atoms with Gasteiger partial charge in [0.05, 0.1) is 6.54 Å². The van der Waals surface area contributed by atoms with E-state index in [4.69, 9.17) is 25.5 Å².